The second kappa shape index (κ2) is 10.1. The van der Waals surface area contributed by atoms with Crippen LogP contribution in [0.4, 0.5) is 10.1 Å². The summed E-state index contributed by atoms with van der Waals surface area (Å²) >= 11 is 2.98. The maximum absolute atomic E-state index is 12.9. The number of hydrogen-bond donors (Lipinski definition) is 1. The number of nitrogens with zero attached hydrogens (tertiary/aromatic N) is 3. The van der Waals surface area contributed by atoms with Crippen LogP contribution in [-0.2, 0) is 17.1 Å². The second-order valence-electron chi connectivity index (χ2n) is 5.74. The first-order chi connectivity index (χ1) is 13.7. The van der Waals surface area contributed by atoms with Crippen LogP contribution in [0.3, 0.4) is 0 Å². The van der Waals surface area contributed by atoms with Crippen molar-refractivity contribution in [1.82, 2.24) is 14.8 Å². The van der Waals surface area contributed by atoms with Crippen molar-refractivity contribution < 1.29 is 9.18 Å². The Balaban J connectivity index is 1.59. The number of benzene rings is 2. The second-order valence-corrected chi connectivity index (χ2v) is 7.73. The molecule has 0 atom stereocenters. The third-order valence-electron chi connectivity index (χ3n) is 3.68. The third kappa shape index (κ3) is 5.71. The lowest BCUT2D eigenvalue weighted by Gasteiger charge is -2.08. The molecule has 0 saturated heterocycles. The molecule has 28 heavy (non-hydrogen) atoms. The van der Waals surface area contributed by atoms with Gasteiger partial charge in [0.1, 0.15) is 11.6 Å². The number of carbonyl (C=O) groups excluding carboxylic acids is 1. The Kier molecular flexibility index (Phi) is 7.27. The van der Waals surface area contributed by atoms with Crippen LogP contribution in [-0.4, -0.2) is 26.4 Å². The summed E-state index contributed by atoms with van der Waals surface area (Å²) in [5.74, 6) is 1.15. The number of thioether (sulfide) groups is 2. The van der Waals surface area contributed by atoms with Crippen LogP contribution in [0.15, 0.2) is 77.3 Å². The van der Waals surface area contributed by atoms with Crippen molar-refractivity contribution in [1.29, 1.82) is 0 Å². The van der Waals surface area contributed by atoms with E-state index in [9.17, 15) is 9.18 Å². The van der Waals surface area contributed by atoms with Crippen LogP contribution in [0.2, 0.25) is 0 Å². The molecule has 0 fully saturated rings. The minimum absolute atomic E-state index is 0.179. The number of nitrogens with one attached hydrogen (secondary N) is 1. The predicted octanol–water partition coefficient (Wildman–Crippen LogP) is 4.63. The monoisotopic (exact) mass is 414 g/mol. The van der Waals surface area contributed by atoms with Gasteiger partial charge in [-0.2, -0.15) is 0 Å². The number of halogens is 1. The minimum atomic E-state index is -0.342. The summed E-state index contributed by atoms with van der Waals surface area (Å²) in [5, 5.41) is 11.9. The summed E-state index contributed by atoms with van der Waals surface area (Å²) in [6.07, 6.45) is 1.78. The van der Waals surface area contributed by atoms with Gasteiger partial charge in [-0.1, -0.05) is 36.0 Å². The normalized spacial score (nSPS) is 10.6. The van der Waals surface area contributed by atoms with E-state index in [4.69, 9.17) is 0 Å². The van der Waals surface area contributed by atoms with Crippen molar-refractivity contribution in [2.75, 3.05) is 11.1 Å². The molecule has 0 spiro atoms. The molecule has 1 aromatic heterocycles. The maximum Gasteiger partial charge on any atom is 0.234 e. The number of rotatable bonds is 9. The average molecular weight is 415 g/mol. The van der Waals surface area contributed by atoms with E-state index >= 15 is 0 Å². The molecule has 1 N–H and O–H groups in total. The molecule has 0 unspecified atom stereocenters. The molecule has 1 heterocycles. The lowest BCUT2D eigenvalue weighted by atomic mass is 10.3. The molecular weight excluding hydrogens is 395 g/mol. The Morgan fingerprint density at radius 2 is 1.86 bits per heavy atom. The molecule has 1 amide bonds. The standard InChI is InChI=1S/C20H19FN4OS2/c1-2-12-25-18(13-27-17-6-4-3-5-7-17)23-24-20(25)28-14-19(26)22-16-10-8-15(21)9-11-16/h2-11H,1,12-14H2,(H,22,26). The fourth-order valence-electron chi connectivity index (χ4n) is 2.37. The Hall–Kier alpha value is -2.58. The fourth-order valence-corrected chi connectivity index (χ4v) is 4.00. The number of allylic oxidation sites excluding steroid dienone is 1. The van der Waals surface area contributed by atoms with Gasteiger partial charge in [-0.05, 0) is 36.4 Å². The van der Waals surface area contributed by atoms with E-state index < -0.39 is 0 Å². The first-order valence-corrected chi connectivity index (χ1v) is 10.5. The molecule has 5 nitrogen and oxygen atoms in total. The molecule has 0 radical (unpaired) electrons. The predicted molar refractivity (Wildman–Crippen MR) is 112 cm³/mol. The molecule has 8 heteroatoms. The molecule has 3 aromatic rings. The Morgan fingerprint density at radius 1 is 1.11 bits per heavy atom. The van der Waals surface area contributed by atoms with Gasteiger partial charge >= 0.3 is 0 Å². The van der Waals surface area contributed by atoms with Gasteiger partial charge in [-0.3, -0.25) is 4.79 Å². The summed E-state index contributed by atoms with van der Waals surface area (Å²) in [6.45, 7) is 4.36. The molecular formula is C20H19FN4OS2. The fraction of sp³-hybridized carbons (Fsp3) is 0.150. The van der Waals surface area contributed by atoms with Crippen molar-refractivity contribution in [2.45, 2.75) is 22.3 Å². The van der Waals surface area contributed by atoms with Gasteiger partial charge in [0.05, 0.1) is 11.5 Å². The van der Waals surface area contributed by atoms with E-state index in [0.29, 0.717) is 23.1 Å². The molecule has 2 aromatic carbocycles. The highest BCUT2D eigenvalue weighted by Gasteiger charge is 2.14. The molecule has 0 saturated carbocycles. The minimum Gasteiger partial charge on any atom is -0.325 e. The summed E-state index contributed by atoms with van der Waals surface area (Å²) in [5.41, 5.74) is 0.555. The summed E-state index contributed by atoms with van der Waals surface area (Å²) in [7, 11) is 0. The van der Waals surface area contributed by atoms with Crippen LogP contribution in [0.5, 0.6) is 0 Å². The summed E-state index contributed by atoms with van der Waals surface area (Å²) < 4.78 is 14.9. The van der Waals surface area contributed by atoms with Gasteiger partial charge in [0.15, 0.2) is 5.16 Å². The lowest BCUT2D eigenvalue weighted by molar-refractivity contribution is -0.113. The van der Waals surface area contributed by atoms with E-state index in [1.54, 1.807) is 17.8 Å². The number of hydrogen-bond acceptors (Lipinski definition) is 5. The van der Waals surface area contributed by atoms with Gasteiger partial charge in [-0.25, -0.2) is 4.39 Å². The van der Waals surface area contributed by atoms with Crippen molar-refractivity contribution in [2.24, 2.45) is 0 Å². The SMILES string of the molecule is C=CCn1c(CSc2ccccc2)nnc1SCC(=O)Nc1ccc(F)cc1. The average Bonchev–Trinajstić information content (AvgIpc) is 3.09. The van der Waals surface area contributed by atoms with Crippen molar-refractivity contribution in [3.05, 3.63) is 78.9 Å². The number of carbonyl (C=O) groups is 1. The van der Waals surface area contributed by atoms with E-state index in [1.165, 1.54) is 36.0 Å². The van der Waals surface area contributed by atoms with Crippen LogP contribution in [0.1, 0.15) is 5.82 Å². The largest absolute Gasteiger partial charge is 0.325 e. The number of amides is 1. The zero-order valence-electron chi connectivity index (χ0n) is 15.0. The van der Waals surface area contributed by atoms with Crippen molar-refractivity contribution in [3.8, 4) is 0 Å². The van der Waals surface area contributed by atoms with Gasteiger partial charge in [0.2, 0.25) is 5.91 Å². The Morgan fingerprint density at radius 3 is 2.57 bits per heavy atom. The van der Waals surface area contributed by atoms with Gasteiger partial charge in [0, 0.05) is 17.1 Å². The van der Waals surface area contributed by atoms with Crippen molar-refractivity contribution in [3.63, 3.8) is 0 Å². The van der Waals surface area contributed by atoms with Gasteiger partial charge < -0.3 is 9.88 Å². The highest BCUT2D eigenvalue weighted by atomic mass is 32.2. The molecule has 0 aliphatic heterocycles. The Labute approximate surface area is 171 Å². The van der Waals surface area contributed by atoms with E-state index in [0.717, 1.165) is 10.7 Å². The summed E-state index contributed by atoms with van der Waals surface area (Å²) in [6, 6.07) is 15.7. The van der Waals surface area contributed by atoms with Gasteiger partial charge in [-0.15, -0.1) is 28.5 Å². The first kappa shape index (κ1) is 20.2. The molecule has 3 rings (SSSR count). The van der Waals surface area contributed by atoms with Crippen LogP contribution in [0.25, 0.3) is 0 Å². The van der Waals surface area contributed by atoms with Crippen molar-refractivity contribution >= 4 is 35.1 Å². The topological polar surface area (TPSA) is 59.8 Å². The van der Waals surface area contributed by atoms with E-state index in [-0.39, 0.29) is 17.5 Å². The van der Waals surface area contributed by atoms with Crippen LogP contribution < -0.4 is 5.32 Å². The highest BCUT2D eigenvalue weighted by molar-refractivity contribution is 7.99. The zero-order valence-corrected chi connectivity index (χ0v) is 16.7. The molecule has 0 aliphatic rings. The van der Waals surface area contributed by atoms with Crippen LogP contribution in [0, 0.1) is 5.82 Å². The van der Waals surface area contributed by atoms with E-state index in [1.807, 2.05) is 34.9 Å². The zero-order chi connectivity index (χ0) is 19.8. The molecule has 0 bridgehead atoms. The number of anilines is 1. The van der Waals surface area contributed by atoms with E-state index in [2.05, 4.69) is 22.1 Å². The molecule has 0 aliphatic carbocycles. The number of aromatic nitrogens is 3. The smallest absolute Gasteiger partial charge is 0.234 e. The summed E-state index contributed by atoms with van der Waals surface area (Å²) in [4.78, 5) is 13.3. The highest BCUT2D eigenvalue weighted by Crippen LogP contribution is 2.24. The maximum atomic E-state index is 12.9. The quantitative estimate of drug-likeness (QED) is 0.409. The Bertz CT molecular complexity index is 929. The molecule has 144 valence electrons. The third-order valence-corrected chi connectivity index (χ3v) is 5.65. The van der Waals surface area contributed by atoms with Gasteiger partial charge in [0.25, 0.3) is 0 Å². The first-order valence-electron chi connectivity index (χ1n) is 8.55. The van der Waals surface area contributed by atoms with Crippen LogP contribution >= 0.6 is 23.5 Å². The lowest BCUT2D eigenvalue weighted by Crippen LogP contribution is -2.14.